The van der Waals surface area contributed by atoms with E-state index in [1.165, 1.54) is 0 Å². The third-order valence-electron chi connectivity index (χ3n) is 3.72. The summed E-state index contributed by atoms with van der Waals surface area (Å²) >= 11 is 5.01. The van der Waals surface area contributed by atoms with E-state index < -0.39 is 0 Å². The molecule has 0 radical (unpaired) electrons. The molecule has 4 nitrogen and oxygen atoms in total. The van der Waals surface area contributed by atoms with E-state index in [1.54, 1.807) is 48.2 Å². The minimum absolute atomic E-state index is 0.146. The zero-order valence-electron chi connectivity index (χ0n) is 12.8. The highest BCUT2D eigenvalue weighted by Gasteiger charge is 2.32. The topological polar surface area (TPSA) is 55.4 Å². The SMILES string of the molecule is O=C(N[C@@H]1CSC[C@H]1OC(=O)c1ccc(Br)cc1)c1ccccc1. The number of carbonyl (C=O) groups excluding carboxylic acids is 2. The van der Waals surface area contributed by atoms with Gasteiger partial charge in [-0.1, -0.05) is 34.1 Å². The molecular weight excluding hydrogens is 390 g/mol. The van der Waals surface area contributed by atoms with Gasteiger partial charge in [-0.3, -0.25) is 4.79 Å². The van der Waals surface area contributed by atoms with Gasteiger partial charge in [-0.05, 0) is 36.4 Å². The van der Waals surface area contributed by atoms with Crippen molar-refractivity contribution in [3.05, 3.63) is 70.2 Å². The standard InChI is InChI=1S/C18H16BrNO3S/c19-14-8-6-13(7-9-14)18(22)23-16-11-24-10-15(16)20-17(21)12-4-2-1-3-5-12/h1-9,15-16H,10-11H2,(H,20,21)/t15-,16-/m1/s1. The lowest BCUT2D eigenvalue weighted by Crippen LogP contribution is -2.44. The van der Waals surface area contributed by atoms with Crippen molar-refractivity contribution >= 4 is 39.6 Å². The second kappa shape index (κ2) is 7.85. The lowest BCUT2D eigenvalue weighted by atomic mass is 10.1. The summed E-state index contributed by atoms with van der Waals surface area (Å²) in [7, 11) is 0. The highest BCUT2D eigenvalue weighted by atomic mass is 79.9. The highest BCUT2D eigenvalue weighted by molar-refractivity contribution is 9.10. The van der Waals surface area contributed by atoms with Crippen molar-refractivity contribution in [1.29, 1.82) is 0 Å². The van der Waals surface area contributed by atoms with Crippen LogP contribution in [0.2, 0.25) is 0 Å². The zero-order valence-corrected chi connectivity index (χ0v) is 15.2. The Labute approximate surface area is 153 Å². The van der Waals surface area contributed by atoms with Crippen molar-refractivity contribution in [3.8, 4) is 0 Å². The van der Waals surface area contributed by atoms with E-state index in [0.717, 1.165) is 10.2 Å². The predicted octanol–water partition coefficient (Wildman–Crippen LogP) is 3.52. The van der Waals surface area contributed by atoms with Crippen LogP contribution in [0.3, 0.4) is 0 Å². The molecule has 1 saturated heterocycles. The first-order valence-corrected chi connectivity index (χ1v) is 9.48. The van der Waals surface area contributed by atoms with Crippen LogP contribution in [0.4, 0.5) is 0 Å². The van der Waals surface area contributed by atoms with Crippen molar-refractivity contribution in [1.82, 2.24) is 5.32 Å². The maximum absolute atomic E-state index is 12.3. The number of hydrogen-bond donors (Lipinski definition) is 1. The van der Waals surface area contributed by atoms with E-state index >= 15 is 0 Å². The van der Waals surface area contributed by atoms with Crippen LogP contribution >= 0.6 is 27.7 Å². The van der Waals surface area contributed by atoms with Crippen molar-refractivity contribution in [2.45, 2.75) is 12.1 Å². The Kier molecular flexibility index (Phi) is 5.58. The number of ether oxygens (including phenoxy) is 1. The van der Waals surface area contributed by atoms with Gasteiger partial charge in [0.1, 0.15) is 6.10 Å². The Morgan fingerprint density at radius 2 is 1.71 bits per heavy atom. The van der Waals surface area contributed by atoms with Gasteiger partial charge in [0, 0.05) is 21.5 Å². The maximum atomic E-state index is 12.3. The summed E-state index contributed by atoms with van der Waals surface area (Å²) in [4.78, 5) is 24.5. The average molecular weight is 406 g/mol. The number of benzene rings is 2. The molecule has 1 amide bonds. The molecule has 1 aliphatic rings. The summed E-state index contributed by atoms with van der Waals surface area (Å²) in [5, 5.41) is 2.97. The molecule has 0 spiro atoms. The summed E-state index contributed by atoms with van der Waals surface area (Å²) in [6.45, 7) is 0. The number of nitrogens with one attached hydrogen (secondary N) is 1. The molecule has 3 rings (SSSR count). The molecule has 6 heteroatoms. The lowest BCUT2D eigenvalue weighted by molar-refractivity contribution is 0.0293. The van der Waals surface area contributed by atoms with Crippen LogP contribution in [-0.4, -0.2) is 35.5 Å². The van der Waals surface area contributed by atoms with E-state index in [-0.39, 0.29) is 24.0 Å². The molecule has 1 heterocycles. The Balaban J connectivity index is 1.62. The van der Waals surface area contributed by atoms with Crippen LogP contribution in [0.15, 0.2) is 59.1 Å². The largest absolute Gasteiger partial charge is 0.456 e. The molecule has 1 fully saturated rings. The second-order valence-corrected chi connectivity index (χ2v) is 7.42. The molecule has 124 valence electrons. The van der Waals surface area contributed by atoms with Crippen molar-refractivity contribution in [2.24, 2.45) is 0 Å². The van der Waals surface area contributed by atoms with E-state index in [2.05, 4.69) is 21.2 Å². The second-order valence-electron chi connectivity index (χ2n) is 5.43. The summed E-state index contributed by atoms with van der Waals surface area (Å²) in [6.07, 6.45) is -0.321. The Morgan fingerprint density at radius 1 is 1.00 bits per heavy atom. The Morgan fingerprint density at radius 3 is 2.42 bits per heavy atom. The summed E-state index contributed by atoms with van der Waals surface area (Å²) in [5.41, 5.74) is 1.11. The molecule has 0 aromatic heterocycles. The first-order chi connectivity index (χ1) is 11.6. The van der Waals surface area contributed by atoms with E-state index in [9.17, 15) is 9.59 Å². The number of amides is 1. The fourth-order valence-corrected chi connectivity index (χ4v) is 3.90. The number of hydrogen-bond acceptors (Lipinski definition) is 4. The van der Waals surface area contributed by atoms with Crippen LogP contribution in [0, 0.1) is 0 Å². The lowest BCUT2D eigenvalue weighted by Gasteiger charge is -2.20. The minimum atomic E-state index is -0.367. The monoisotopic (exact) mass is 405 g/mol. The van der Waals surface area contributed by atoms with Gasteiger partial charge in [0.05, 0.1) is 11.6 Å². The van der Waals surface area contributed by atoms with Crippen LogP contribution in [0.1, 0.15) is 20.7 Å². The van der Waals surface area contributed by atoms with Gasteiger partial charge in [-0.25, -0.2) is 4.79 Å². The van der Waals surface area contributed by atoms with Crippen molar-refractivity contribution < 1.29 is 14.3 Å². The molecular formula is C18H16BrNO3S. The summed E-state index contributed by atoms with van der Waals surface area (Å²) < 4.78 is 6.50. The molecule has 1 aliphatic heterocycles. The van der Waals surface area contributed by atoms with Crippen molar-refractivity contribution in [3.63, 3.8) is 0 Å². The minimum Gasteiger partial charge on any atom is -0.456 e. The molecule has 24 heavy (non-hydrogen) atoms. The number of thioether (sulfide) groups is 1. The number of halogens is 1. The molecule has 2 aromatic rings. The molecule has 0 aliphatic carbocycles. The fourth-order valence-electron chi connectivity index (χ4n) is 2.42. The third kappa shape index (κ3) is 4.19. The predicted molar refractivity (Wildman–Crippen MR) is 98.4 cm³/mol. The van der Waals surface area contributed by atoms with Gasteiger partial charge in [0.15, 0.2) is 0 Å². The average Bonchev–Trinajstić information content (AvgIpc) is 3.03. The molecule has 1 N–H and O–H groups in total. The molecule has 0 bridgehead atoms. The maximum Gasteiger partial charge on any atom is 0.338 e. The van der Waals surface area contributed by atoms with Gasteiger partial charge in [0.2, 0.25) is 0 Å². The first-order valence-electron chi connectivity index (χ1n) is 7.53. The van der Waals surface area contributed by atoms with E-state index in [4.69, 9.17) is 4.74 Å². The van der Waals surface area contributed by atoms with Crippen LogP contribution in [0.5, 0.6) is 0 Å². The van der Waals surface area contributed by atoms with Crippen LogP contribution < -0.4 is 5.32 Å². The number of esters is 1. The smallest absolute Gasteiger partial charge is 0.338 e. The Bertz CT molecular complexity index is 721. The molecule has 2 atom stereocenters. The molecule has 0 saturated carbocycles. The van der Waals surface area contributed by atoms with Gasteiger partial charge < -0.3 is 10.1 Å². The van der Waals surface area contributed by atoms with Gasteiger partial charge in [0.25, 0.3) is 5.91 Å². The summed E-state index contributed by atoms with van der Waals surface area (Å²) in [6, 6.07) is 15.9. The first kappa shape index (κ1) is 17.0. The number of rotatable bonds is 4. The van der Waals surface area contributed by atoms with E-state index in [1.807, 2.05) is 18.2 Å². The van der Waals surface area contributed by atoms with Crippen LogP contribution in [0.25, 0.3) is 0 Å². The zero-order chi connectivity index (χ0) is 16.9. The fraction of sp³-hybridized carbons (Fsp3) is 0.222. The van der Waals surface area contributed by atoms with Gasteiger partial charge >= 0.3 is 5.97 Å². The van der Waals surface area contributed by atoms with Crippen LogP contribution in [-0.2, 0) is 4.74 Å². The van der Waals surface area contributed by atoms with Gasteiger partial charge in [-0.15, -0.1) is 0 Å². The molecule has 2 aromatic carbocycles. The quantitative estimate of drug-likeness (QED) is 0.790. The third-order valence-corrected chi connectivity index (χ3v) is 5.41. The highest BCUT2D eigenvalue weighted by Crippen LogP contribution is 2.23. The van der Waals surface area contributed by atoms with Crippen molar-refractivity contribution in [2.75, 3.05) is 11.5 Å². The summed E-state index contributed by atoms with van der Waals surface area (Å²) in [5.74, 6) is 0.903. The van der Waals surface area contributed by atoms with E-state index in [0.29, 0.717) is 16.9 Å². The van der Waals surface area contributed by atoms with Gasteiger partial charge in [-0.2, -0.15) is 11.8 Å². The Hall–Kier alpha value is -1.79. The number of carbonyl (C=O) groups is 2. The molecule has 0 unspecified atom stereocenters. The normalized spacial score (nSPS) is 19.7.